The second-order valence-electron chi connectivity index (χ2n) is 6.41. The first-order valence-corrected chi connectivity index (χ1v) is 9.06. The Morgan fingerprint density at radius 2 is 2.05 bits per heavy atom. The summed E-state index contributed by atoms with van der Waals surface area (Å²) in [7, 11) is -2.97. The number of hydrogen-bond donors (Lipinski definition) is 2. The van der Waals surface area contributed by atoms with Crippen molar-refractivity contribution < 1.29 is 13.2 Å². The predicted octanol–water partition coefficient (Wildman–Crippen LogP) is 0.445. The van der Waals surface area contributed by atoms with E-state index in [4.69, 9.17) is 5.73 Å². The highest BCUT2D eigenvalue weighted by atomic mass is 32.2. The summed E-state index contributed by atoms with van der Waals surface area (Å²) in [6.45, 7) is 0.487. The molecule has 2 aliphatic rings. The molecule has 2 aliphatic carbocycles. The molecule has 0 bridgehead atoms. The molecule has 0 heterocycles. The first-order chi connectivity index (χ1) is 8.80. The highest BCUT2D eigenvalue weighted by molar-refractivity contribution is 7.90. The first kappa shape index (κ1) is 14.8. The maximum Gasteiger partial charge on any atom is 0.220 e. The Morgan fingerprint density at radius 3 is 2.53 bits per heavy atom. The van der Waals surface area contributed by atoms with Crippen LogP contribution in [0.15, 0.2) is 0 Å². The van der Waals surface area contributed by atoms with Crippen LogP contribution in [0.2, 0.25) is 0 Å². The third-order valence-corrected chi connectivity index (χ3v) is 5.49. The lowest BCUT2D eigenvalue weighted by Gasteiger charge is -2.18. The van der Waals surface area contributed by atoms with Crippen molar-refractivity contribution in [3.63, 3.8) is 0 Å². The van der Waals surface area contributed by atoms with Crippen LogP contribution in [0.1, 0.15) is 38.5 Å². The molecule has 6 heteroatoms. The van der Waals surface area contributed by atoms with Crippen molar-refractivity contribution in [3.8, 4) is 0 Å². The van der Waals surface area contributed by atoms with Crippen molar-refractivity contribution in [1.29, 1.82) is 0 Å². The number of hydrogen-bond acceptors (Lipinski definition) is 4. The average Bonchev–Trinajstić information content (AvgIpc) is 2.91. The van der Waals surface area contributed by atoms with Gasteiger partial charge >= 0.3 is 0 Å². The molecular formula is C13H24N2O3S. The minimum absolute atomic E-state index is 0.0159. The summed E-state index contributed by atoms with van der Waals surface area (Å²) in [4.78, 5) is 11.9. The number of sulfone groups is 1. The van der Waals surface area contributed by atoms with Gasteiger partial charge in [-0.15, -0.1) is 0 Å². The van der Waals surface area contributed by atoms with E-state index >= 15 is 0 Å². The van der Waals surface area contributed by atoms with E-state index in [9.17, 15) is 13.2 Å². The van der Waals surface area contributed by atoms with Gasteiger partial charge in [0.15, 0.2) is 0 Å². The molecule has 2 atom stereocenters. The van der Waals surface area contributed by atoms with Gasteiger partial charge in [-0.1, -0.05) is 6.42 Å². The van der Waals surface area contributed by atoms with E-state index < -0.39 is 9.84 Å². The molecule has 5 nitrogen and oxygen atoms in total. The Labute approximate surface area is 115 Å². The van der Waals surface area contributed by atoms with Crippen LogP contribution >= 0.6 is 0 Å². The van der Waals surface area contributed by atoms with Crippen LogP contribution in [0.3, 0.4) is 0 Å². The molecule has 0 aliphatic heterocycles. The quantitative estimate of drug-likeness (QED) is 0.742. The second-order valence-corrected chi connectivity index (χ2v) is 8.55. The molecule has 2 rings (SSSR count). The Morgan fingerprint density at radius 1 is 1.37 bits per heavy atom. The highest BCUT2D eigenvalue weighted by Crippen LogP contribution is 2.46. The van der Waals surface area contributed by atoms with Gasteiger partial charge < -0.3 is 11.1 Å². The first-order valence-electron chi connectivity index (χ1n) is 7.00. The van der Waals surface area contributed by atoms with E-state index in [1.165, 1.54) is 6.26 Å². The van der Waals surface area contributed by atoms with Crippen molar-refractivity contribution in [3.05, 3.63) is 0 Å². The van der Waals surface area contributed by atoms with E-state index in [1.54, 1.807) is 0 Å². The summed E-state index contributed by atoms with van der Waals surface area (Å²) in [6.07, 6.45) is 6.67. The number of nitrogens with one attached hydrogen (secondary N) is 1. The Kier molecular flexibility index (Phi) is 4.20. The smallest absolute Gasteiger partial charge is 0.220 e. The minimum atomic E-state index is -2.97. The number of carbonyl (C=O) groups is 1. The van der Waals surface area contributed by atoms with Crippen LogP contribution in [0, 0.1) is 11.3 Å². The van der Waals surface area contributed by atoms with E-state index in [-0.39, 0.29) is 23.1 Å². The largest absolute Gasteiger partial charge is 0.356 e. The number of nitrogens with two attached hydrogens (primary N) is 1. The lowest BCUT2D eigenvalue weighted by atomic mass is 9.99. The van der Waals surface area contributed by atoms with E-state index in [0.29, 0.717) is 18.9 Å². The van der Waals surface area contributed by atoms with Gasteiger partial charge in [-0.2, -0.15) is 0 Å². The maximum atomic E-state index is 11.9. The van der Waals surface area contributed by atoms with Gasteiger partial charge in [0.25, 0.3) is 0 Å². The van der Waals surface area contributed by atoms with Crippen LogP contribution in [-0.2, 0) is 14.6 Å². The van der Waals surface area contributed by atoms with Gasteiger partial charge in [0.05, 0.1) is 5.75 Å². The molecule has 0 aromatic carbocycles. The molecular weight excluding hydrogens is 264 g/mol. The number of amides is 1. The maximum absolute atomic E-state index is 11.9. The number of carbonyl (C=O) groups excluding carboxylic acids is 1. The summed E-state index contributed by atoms with van der Waals surface area (Å²) in [5.74, 6) is 0.496. The third kappa shape index (κ3) is 4.45. The van der Waals surface area contributed by atoms with Gasteiger partial charge in [0.2, 0.25) is 5.91 Å². The fraction of sp³-hybridized carbons (Fsp3) is 0.923. The van der Waals surface area contributed by atoms with Crippen LogP contribution in [0.4, 0.5) is 0 Å². The van der Waals surface area contributed by atoms with E-state index in [0.717, 1.165) is 32.1 Å². The standard InChI is InChI=1S/C13H24N2O3S/c1-19(17,18)9-13(5-6-13)8-15-12(16)7-10-3-2-4-11(10)14/h10-11H,2-9,14H2,1H3,(H,15,16)/t10-,11+/m0/s1. The Hall–Kier alpha value is -0.620. The van der Waals surface area contributed by atoms with Gasteiger partial charge in [0, 0.05) is 30.7 Å². The summed E-state index contributed by atoms with van der Waals surface area (Å²) >= 11 is 0. The zero-order valence-corrected chi connectivity index (χ0v) is 12.3. The molecule has 0 aromatic rings. The number of rotatable bonds is 6. The SMILES string of the molecule is CS(=O)(=O)CC1(CNC(=O)C[C@@H]2CCC[C@H]2N)CC1. The van der Waals surface area contributed by atoms with Crippen LogP contribution in [-0.4, -0.2) is 38.9 Å². The van der Waals surface area contributed by atoms with Crippen LogP contribution < -0.4 is 11.1 Å². The fourth-order valence-electron chi connectivity index (χ4n) is 3.02. The van der Waals surface area contributed by atoms with E-state index in [1.807, 2.05) is 0 Å². The normalized spacial score (nSPS) is 29.2. The molecule has 2 fully saturated rings. The zero-order chi connectivity index (χ0) is 14.1. The molecule has 1 amide bonds. The van der Waals surface area contributed by atoms with Gasteiger partial charge in [-0.05, 0) is 31.6 Å². The molecule has 0 unspecified atom stereocenters. The summed E-state index contributed by atoms with van der Waals surface area (Å²) in [6, 6.07) is 0.150. The molecule has 0 spiro atoms. The van der Waals surface area contributed by atoms with Crippen molar-refractivity contribution >= 4 is 15.7 Å². The summed E-state index contributed by atoms with van der Waals surface area (Å²) in [5.41, 5.74) is 5.75. The van der Waals surface area contributed by atoms with Crippen molar-refractivity contribution in [2.45, 2.75) is 44.6 Å². The van der Waals surface area contributed by atoms with Gasteiger partial charge in [-0.25, -0.2) is 8.42 Å². The molecule has 2 saturated carbocycles. The lowest BCUT2D eigenvalue weighted by molar-refractivity contribution is -0.122. The monoisotopic (exact) mass is 288 g/mol. The average molecular weight is 288 g/mol. The lowest BCUT2D eigenvalue weighted by Crippen LogP contribution is -2.36. The molecule has 3 N–H and O–H groups in total. The Balaban J connectivity index is 1.75. The van der Waals surface area contributed by atoms with Gasteiger partial charge in [-0.3, -0.25) is 4.79 Å². The predicted molar refractivity (Wildman–Crippen MR) is 74.3 cm³/mol. The molecule has 0 aromatic heterocycles. The minimum Gasteiger partial charge on any atom is -0.356 e. The van der Waals surface area contributed by atoms with Crippen molar-refractivity contribution in [2.24, 2.45) is 17.1 Å². The Bertz CT molecular complexity index is 443. The topological polar surface area (TPSA) is 89.3 Å². The molecule has 0 saturated heterocycles. The molecule has 110 valence electrons. The van der Waals surface area contributed by atoms with Crippen LogP contribution in [0.5, 0.6) is 0 Å². The van der Waals surface area contributed by atoms with Crippen molar-refractivity contribution in [2.75, 3.05) is 18.6 Å². The third-order valence-electron chi connectivity index (χ3n) is 4.35. The van der Waals surface area contributed by atoms with Gasteiger partial charge in [0.1, 0.15) is 9.84 Å². The summed E-state index contributed by atoms with van der Waals surface area (Å²) < 4.78 is 22.6. The highest BCUT2D eigenvalue weighted by Gasteiger charge is 2.45. The van der Waals surface area contributed by atoms with Crippen molar-refractivity contribution in [1.82, 2.24) is 5.32 Å². The van der Waals surface area contributed by atoms with E-state index in [2.05, 4.69) is 5.32 Å². The molecule has 19 heavy (non-hydrogen) atoms. The molecule has 0 radical (unpaired) electrons. The second kappa shape index (κ2) is 5.40. The summed E-state index contributed by atoms with van der Waals surface area (Å²) in [5, 5.41) is 2.90. The zero-order valence-electron chi connectivity index (χ0n) is 11.5. The fourth-order valence-corrected chi connectivity index (χ4v) is 4.52. The van der Waals surface area contributed by atoms with Crippen LogP contribution in [0.25, 0.3) is 0 Å².